The van der Waals surface area contributed by atoms with E-state index in [-0.39, 0.29) is 0 Å². The minimum atomic E-state index is 0.915. The van der Waals surface area contributed by atoms with E-state index in [0.717, 1.165) is 16.6 Å². The molecule has 0 radical (unpaired) electrons. The van der Waals surface area contributed by atoms with Gasteiger partial charge in [0, 0.05) is 26.2 Å². The fourth-order valence-electron chi connectivity index (χ4n) is 9.96. The fraction of sp³-hybridized carbons (Fsp3) is 0. The molecule has 1 nitrogen and oxygen atoms in total. The summed E-state index contributed by atoms with van der Waals surface area (Å²) in [5.41, 5.74) is 9.33. The zero-order valence-corrected chi connectivity index (χ0v) is 32.1. The SMILES string of the molecule is c1ccc2c(-c3c4ccccc4c(-c4ccc(-c5cc6c7ccc8ccccc8c7sc6c6oc7ccccc7c56)c5ccccc45)c4ccccc34)cccc2c1. The van der Waals surface area contributed by atoms with E-state index in [2.05, 4.69) is 194 Å². The lowest BCUT2D eigenvalue weighted by Crippen LogP contribution is -1.93. The van der Waals surface area contributed by atoms with E-state index in [9.17, 15) is 0 Å². The Bertz CT molecular complexity index is 3800. The first-order valence-corrected chi connectivity index (χ1v) is 20.7. The molecule has 0 saturated carbocycles. The first-order chi connectivity index (χ1) is 28.8. The molecule has 2 heteroatoms. The molecule has 58 heavy (non-hydrogen) atoms. The molecule has 0 N–H and O–H groups in total. The van der Waals surface area contributed by atoms with Gasteiger partial charge in [-0.2, -0.15) is 0 Å². The first-order valence-electron chi connectivity index (χ1n) is 19.9. The minimum Gasteiger partial charge on any atom is -0.455 e. The summed E-state index contributed by atoms with van der Waals surface area (Å²) in [5, 5.41) is 17.4. The third kappa shape index (κ3) is 4.41. The van der Waals surface area contributed by atoms with Crippen molar-refractivity contribution in [2.45, 2.75) is 0 Å². The van der Waals surface area contributed by atoms with Crippen LogP contribution >= 0.6 is 11.3 Å². The number of hydrogen-bond donors (Lipinski definition) is 0. The number of benzene rings is 11. The van der Waals surface area contributed by atoms with Crippen LogP contribution in [0.4, 0.5) is 0 Å². The molecule has 0 amide bonds. The van der Waals surface area contributed by atoms with Gasteiger partial charge < -0.3 is 4.42 Å². The van der Waals surface area contributed by atoms with Crippen LogP contribution in [0, 0.1) is 0 Å². The van der Waals surface area contributed by atoms with Gasteiger partial charge in [0.15, 0.2) is 5.58 Å². The van der Waals surface area contributed by atoms with E-state index in [0.29, 0.717) is 0 Å². The van der Waals surface area contributed by atoms with Gasteiger partial charge in [0.2, 0.25) is 0 Å². The molecule has 0 aliphatic rings. The third-order valence-electron chi connectivity index (χ3n) is 12.5. The molecule has 2 heterocycles. The lowest BCUT2D eigenvalue weighted by molar-refractivity contribution is 0.673. The van der Waals surface area contributed by atoms with E-state index in [1.54, 1.807) is 0 Å². The number of furan rings is 1. The maximum absolute atomic E-state index is 6.86. The molecule has 2 aromatic heterocycles. The number of rotatable bonds is 3. The van der Waals surface area contributed by atoms with Crippen molar-refractivity contribution in [1.29, 1.82) is 0 Å². The van der Waals surface area contributed by atoms with Crippen LogP contribution in [0.1, 0.15) is 0 Å². The third-order valence-corrected chi connectivity index (χ3v) is 13.7. The highest BCUT2D eigenvalue weighted by Gasteiger charge is 2.23. The number of hydrogen-bond acceptors (Lipinski definition) is 2. The monoisotopic (exact) mass is 752 g/mol. The quantitative estimate of drug-likeness (QED) is 0.164. The summed E-state index contributed by atoms with van der Waals surface area (Å²) in [7, 11) is 0. The Balaban J connectivity index is 1.13. The average molecular weight is 753 g/mol. The normalized spacial score (nSPS) is 12.1. The molecular weight excluding hydrogens is 721 g/mol. The second-order valence-corrected chi connectivity index (χ2v) is 16.5. The highest BCUT2D eigenvalue weighted by atomic mass is 32.1. The molecule has 0 unspecified atom stereocenters. The second-order valence-electron chi connectivity index (χ2n) is 15.4. The van der Waals surface area contributed by atoms with Crippen molar-refractivity contribution in [2.24, 2.45) is 0 Å². The van der Waals surface area contributed by atoms with Gasteiger partial charge in [0.1, 0.15) is 5.58 Å². The Kier molecular flexibility index (Phi) is 6.66. The van der Waals surface area contributed by atoms with Gasteiger partial charge in [0.05, 0.1) is 4.70 Å². The molecule has 0 bridgehead atoms. The average Bonchev–Trinajstić information content (AvgIpc) is 3.87. The largest absolute Gasteiger partial charge is 0.455 e. The Labute approximate surface area is 337 Å². The standard InChI is InChI=1S/C56H32OS/c1-3-17-35-33(14-1)16-13-26-40(35)51-41-21-7-9-23-43(41)52(44-24-10-8-22-42(44)51)45-31-30-39(37-19-5-6-20-38(37)45)48-32-49-46-29-28-34-15-2-4-18-36(34)55(46)58-56(49)54-53(48)47-25-11-12-27-50(47)57-54/h1-32H. The number of fused-ring (bicyclic) bond motifs is 13. The predicted octanol–water partition coefficient (Wildman–Crippen LogP) is 16.7. The second kappa shape index (κ2) is 12.1. The molecule has 0 aliphatic heterocycles. The van der Waals surface area contributed by atoms with Crippen molar-refractivity contribution < 1.29 is 4.42 Å². The maximum atomic E-state index is 6.86. The van der Waals surface area contributed by atoms with Gasteiger partial charge in [0.25, 0.3) is 0 Å². The molecule has 0 spiro atoms. The molecule has 0 atom stereocenters. The van der Waals surface area contributed by atoms with Crippen LogP contribution in [0.2, 0.25) is 0 Å². The Morgan fingerprint density at radius 3 is 1.48 bits per heavy atom. The van der Waals surface area contributed by atoms with Crippen molar-refractivity contribution in [2.75, 3.05) is 0 Å². The molecule has 0 aliphatic carbocycles. The van der Waals surface area contributed by atoms with Crippen molar-refractivity contribution in [3.8, 4) is 33.4 Å². The highest BCUT2D eigenvalue weighted by Crippen LogP contribution is 2.51. The van der Waals surface area contributed by atoms with Gasteiger partial charge >= 0.3 is 0 Å². The smallest absolute Gasteiger partial charge is 0.153 e. The predicted molar refractivity (Wildman–Crippen MR) is 250 cm³/mol. The van der Waals surface area contributed by atoms with Gasteiger partial charge in [-0.25, -0.2) is 0 Å². The molecule has 13 aromatic rings. The van der Waals surface area contributed by atoms with Gasteiger partial charge in [-0.1, -0.05) is 182 Å². The van der Waals surface area contributed by atoms with E-state index in [1.165, 1.54) is 113 Å². The van der Waals surface area contributed by atoms with E-state index >= 15 is 0 Å². The molecule has 11 aromatic carbocycles. The molecule has 268 valence electrons. The zero-order valence-electron chi connectivity index (χ0n) is 31.3. The van der Waals surface area contributed by atoms with Gasteiger partial charge in [-0.05, 0) is 99.4 Å². The van der Waals surface area contributed by atoms with Crippen LogP contribution in [-0.2, 0) is 0 Å². The number of para-hydroxylation sites is 1. The lowest BCUT2D eigenvalue weighted by Gasteiger charge is -2.20. The van der Waals surface area contributed by atoms with E-state index < -0.39 is 0 Å². The first kappa shape index (κ1) is 31.9. The van der Waals surface area contributed by atoms with Crippen LogP contribution < -0.4 is 0 Å². The van der Waals surface area contributed by atoms with Crippen LogP contribution in [-0.4, -0.2) is 0 Å². The Morgan fingerprint density at radius 1 is 0.293 bits per heavy atom. The van der Waals surface area contributed by atoms with Crippen molar-refractivity contribution in [1.82, 2.24) is 0 Å². The summed E-state index contributed by atoms with van der Waals surface area (Å²) in [6, 6.07) is 71.4. The summed E-state index contributed by atoms with van der Waals surface area (Å²) in [5.74, 6) is 0. The molecule has 0 fully saturated rings. The van der Waals surface area contributed by atoms with Crippen LogP contribution in [0.15, 0.2) is 199 Å². The van der Waals surface area contributed by atoms with Crippen molar-refractivity contribution in [3.05, 3.63) is 194 Å². The topological polar surface area (TPSA) is 13.1 Å². The lowest BCUT2D eigenvalue weighted by atomic mass is 9.83. The van der Waals surface area contributed by atoms with Crippen molar-refractivity contribution in [3.63, 3.8) is 0 Å². The summed E-state index contributed by atoms with van der Waals surface area (Å²) >= 11 is 1.85. The highest BCUT2D eigenvalue weighted by molar-refractivity contribution is 7.27. The van der Waals surface area contributed by atoms with Crippen LogP contribution in [0.3, 0.4) is 0 Å². The summed E-state index contributed by atoms with van der Waals surface area (Å²) in [4.78, 5) is 0. The van der Waals surface area contributed by atoms with Crippen LogP contribution in [0.5, 0.6) is 0 Å². The minimum absolute atomic E-state index is 0.915. The summed E-state index contributed by atoms with van der Waals surface area (Å²) in [6.45, 7) is 0. The Hall–Kier alpha value is -7.26. The molecular formula is C56H32OS. The molecule has 13 rings (SSSR count). The maximum Gasteiger partial charge on any atom is 0.153 e. The number of thiophene rings is 1. The zero-order chi connectivity index (χ0) is 37.9. The van der Waals surface area contributed by atoms with Gasteiger partial charge in [-0.15, -0.1) is 11.3 Å². The molecule has 0 saturated heterocycles. The van der Waals surface area contributed by atoms with E-state index in [1.807, 2.05) is 11.3 Å². The summed E-state index contributed by atoms with van der Waals surface area (Å²) < 4.78 is 9.36. The van der Waals surface area contributed by atoms with Gasteiger partial charge in [-0.3, -0.25) is 0 Å². The Morgan fingerprint density at radius 2 is 0.793 bits per heavy atom. The van der Waals surface area contributed by atoms with Crippen molar-refractivity contribution >= 4 is 107 Å². The fourth-order valence-corrected chi connectivity index (χ4v) is 11.3. The van der Waals surface area contributed by atoms with E-state index in [4.69, 9.17) is 4.42 Å². The van der Waals surface area contributed by atoms with Crippen LogP contribution in [0.25, 0.3) is 129 Å². The summed E-state index contributed by atoms with van der Waals surface area (Å²) in [6.07, 6.45) is 0.